The Kier molecular flexibility index (Phi) is 3.48. The van der Waals surface area contributed by atoms with E-state index in [1.807, 2.05) is 6.92 Å². The summed E-state index contributed by atoms with van der Waals surface area (Å²) in [5, 5.41) is 3.25. The number of aromatic nitrogens is 3. The summed E-state index contributed by atoms with van der Waals surface area (Å²) in [7, 11) is 1.49. The van der Waals surface area contributed by atoms with E-state index in [-0.39, 0.29) is 23.6 Å². The molecular weight excluding hydrogens is 236 g/mol. The lowest BCUT2D eigenvalue weighted by atomic mass is 9.95. The Labute approximate surface area is 105 Å². The van der Waals surface area contributed by atoms with Crippen LogP contribution in [0.2, 0.25) is 0 Å². The van der Waals surface area contributed by atoms with E-state index in [9.17, 15) is 0 Å². The summed E-state index contributed by atoms with van der Waals surface area (Å²) in [4.78, 5) is 12.2. The van der Waals surface area contributed by atoms with E-state index < -0.39 is 0 Å². The third kappa shape index (κ3) is 2.44. The molecule has 8 nitrogen and oxygen atoms in total. The predicted octanol–water partition coefficient (Wildman–Crippen LogP) is 0.145. The molecule has 2 rings (SSSR count). The maximum absolute atomic E-state index is 5.55. The number of hydrogen-bond acceptors (Lipinski definition) is 8. The van der Waals surface area contributed by atoms with Crippen LogP contribution in [0.4, 0.5) is 11.9 Å². The van der Waals surface area contributed by atoms with Gasteiger partial charge in [0, 0.05) is 6.61 Å². The molecule has 0 radical (unpaired) electrons. The molecule has 0 saturated carbocycles. The topological polar surface area (TPSA) is 107 Å². The Morgan fingerprint density at radius 1 is 1.39 bits per heavy atom. The molecule has 0 amide bonds. The molecule has 18 heavy (non-hydrogen) atoms. The van der Waals surface area contributed by atoms with Crippen LogP contribution in [-0.2, 0) is 4.74 Å². The van der Waals surface area contributed by atoms with Gasteiger partial charge in [-0.25, -0.2) is 5.84 Å². The second-order valence-electron chi connectivity index (χ2n) is 4.42. The van der Waals surface area contributed by atoms with Crippen LogP contribution in [0.3, 0.4) is 0 Å². The quantitative estimate of drug-likeness (QED) is 0.514. The highest BCUT2D eigenvalue weighted by atomic mass is 16.5. The first-order valence-electron chi connectivity index (χ1n) is 5.74. The molecule has 1 fully saturated rings. The Hall–Kier alpha value is -1.67. The van der Waals surface area contributed by atoms with Crippen molar-refractivity contribution in [1.29, 1.82) is 0 Å². The number of nitrogens with zero attached hydrogens (tertiary/aromatic N) is 3. The zero-order valence-electron chi connectivity index (χ0n) is 10.7. The number of methoxy groups -OCH3 is 1. The number of hydrogen-bond donors (Lipinski definition) is 3. The minimum Gasteiger partial charge on any atom is -0.467 e. The van der Waals surface area contributed by atoms with Gasteiger partial charge in [0.2, 0.25) is 11.9 Å². The molecule has 2 unspecified atom stereocenters. The third-order valence-corrected chi connectivity index (χ3v) is 3.21. The molecule has 1 aliphatic rings. The van der Waals surface area contributed by atoms with Crippen LogP contribution in [0.25, 0.3) is 0 Å². The second kappa shape index (κ2) is 4.91. The fourth-order valence-corrected chi connectivity index (χ4v) is 1.82. The van der Waals surface area contributed by atoms with Gasteiger partial charge in [0.25, 0.3) is 0 Å². The minimum absolute atomic E-state index is 0.0783. The highest BCUT2D eigenvalue weighted by Crippen LogP contribution is 2.28. The molecule has 100 valence electrons. The maximum Gasteiger partial charge on any atom is 0.322 e. The number of nitrogens with one attached hydrogen (secondary N) is 2. The molecule has 0 spiro atoms. The number of nitrogens with two attached hydrogens (primary N) is 1. The van der Waals surface area contributed by atoms with Crippen molar-refractivity contribution in [3.8, 4) is 6.01 Å². The first-order valence-corrected chi connectivity index (χ1v) is 5.74. The van der Waals surface area contributed by atoms with Crippen LogP contribution in [-0.4, -0.2) is 40.3 Å². The number of rotatable bonds is 4. The number of ether oxygens (including phenoxy) is 2. The smallest absolute Gasteiger partial charge is 0.322 e. The molecule has 0 aromatic carbocycles. The maximum atomic E-state index is 5.55. The first kappa shape index (κ1) is 12.8. The lowest BCUT2D eigenvalue weighted by molar-refractivity contribution is 0.105. The summed E-state index contributed by atoms with van der Waals surface area (Å²) in [5.74, 6) is 5.96. The highest BCUT2D eigenvalue weighted by Gasteiger charge is 2.37. The van der Waals surface area contributed by atoms with Crippen LogP contribution in [0.15, 0.2) is 0 Å². The van der Waals surface area contributed by atoms with E-state index in [2.05, 4.69) is 32.6 Å². The molecule has 1 aliphatic heterocycles. The van der Waals surface area contributed by atoms with Crippen molar-refractivity contribution < 1.29 is 9.47 Å². The van der Waals surface area contributed by atoms with Crippen LogP contribution in [0, 0.1) is 0 Å². The Morgan fingerprint density at radius 3 is 2.67 bits per heavy atom. The Morgan fingerprint density at radius 2 is 2.11 bits per heavy atom. The average Bonchev–Trinajstić information content (AvgIpc) is 2.68. The normalized spacial score (nSPS) is 27.0. The van der Waals surface area contributed by atoms with Crippen molar-refractivity contribution in [3.63, 3.8) is 0 Å². The van der Waals surface area contributed by atoms with Gasteiger partial charge in [-0.2, -0.15) is 15.0 Å². The highest BCUT2D eigenvalue weighted by molar-refractivity contribution is 5.37. The van der Waals surface area contributed by atoms with Crippen LogP contribution < -0.4 is 21.3 Å². The van der Waals surface area contributed by atoms with E-state index in [4.69, 9.17) is 15.3 Å². The summed E-state index contributed by atoms with van der Waals surface area (Å²) < 4.78 is 10.5. The van der Waals surface area contributed by atoms with Crippen molar-refractivity contribution >= 4 is 11.9 Å². The van der Waals surface area contributed by atoms with Crippen molar-refractivity contribution in [3.05, 3.63) is 0 Å². The summed E-state index contributed by atoms with van der Waals surface area (Å²) in [5.41, 5.74) is 2.17. The molecule has 1 aromatic rings. The molecule has 1 saturated heterocycles. The molecule has 8 heteroatoms. The van der Waals surface area contributed by atoms with Gasteiger partial charge in [0.05, 0.1) is 18.8 Å². The fourth-order valence-electron chi connectivity index (χ4n) is 1.82. The van der Waals surface area contributed by atoms with Crippen molar-refractivity contribution in [2.24, 2.45) is 5.84 Å². The fraction of sp³-hybridized carbons (Fsp3) is 0.700. The molecule has 0 aliphatic carbocycles. The van der Waals surface area contributed by atoms with E-state index in [1.54, 1.807) is 0 Å². The zero-order chi connectivity index (χ0) is 13.2. The first-order chi connectivity index (χ1) is 8.57. The van der Waals surface area contributed by atoms with E-state index >= 15 is 0 Å². The third-order valence-electron chi connectivity index (χ3n) is 3.21. The van der Waals surface area contributed by atoms with Crippen molar-refractivity contribution in [2.75, 3.05) is 24.5 Å². The number of anilines is 2. The Balaban J connectivity index is 2.22. The molecule has 4 N–H and O–H groups in total. The molecular formula is C10H18N6O2. The van der Waals surface area contributed by atoms with Gasteiger partial charge in [-0.05, 0) is 20.3 Å². The van der Waals surface area contributed by atoms with Crippen LogP contribution >= 0.6 is 0 Å². The summed E-state index contributed by atoms with van der Waals surface area (Å²) in [6, 6.07) is 0.204. The Bertz CT molecular complexity index is 407. The molecule has 2 atom stereocenters. The minimum atomic E-state index is -0.210. The van der Waals surface area contributed by atoms with Gasteiger partial charge in [0.15, 0.2) is 0 Å². The second-order valence-corrected chi connectivity index (χ2v) is 4.42. The average molecular weight is 254 g/mol. The van der Waals surface area contributed by atoms with Gasteiger partial charge in [-0.3, -0.25) is 5.43 Å². The predicted molar refractivity (Wildman–Crippen MR) is 66.2 cm³/mol. The zero-order valence-corrected chi connectivity index (χ0v) is 10.7. The standard InChI is InChI=1S/C10H18N6O2/c1-6-10(2,4-5-18-6)15-7-12-8(16-11)14-9(13-7)17-3/h6H,4-5,11H2,1-3H3,(H2,12,13,14,15,16). The monoisotopic (exact) mass is 254 g/mol. The van der Waals surface area contributed by atoms with E-state index in [1.165, 1.54) is 7.11 Å². The molecule has 1 aromatic heterocycles. The van der Waals surface area contributed by atoms with Gasteiger partial charge in [-0.15, -0.1) is 0 Å². The number of nitrogen functional groups attached to an aromatic ring is 1. The van der Waals surface area contributed by atoms with Gasteiger partial charge < -0.3 is 14.8 Å². The summed E-state index contributed by atoms with van der Waals surface area (Å²) in [6.07, 6.45) is 0.961. The van der Waals surface area contributed by atoms with Crippen LogP contribution in [0.1, 0.15) is 20.3 Å². The van der Waals surface area contributed by atoms with Crippen LogP contribution in [0.5, 0.6) is 6.01 Å². The lowest BCUT2D eigenvalue weighted by Gasteiger charge is -2.28. The number of hydrazine groups is 1. The van der Waals surface area contributed by atoms with Crippen molar-refractivity contribution in [2.45, 2.75) is 31.9 Å². The van der Waals surface area contributed by atoms with Gasteiger partial charge in [0.1, 0.15) is 0 Å². The van der Waals surface area contributed by atoms with E-state index in [0.717, 1.165) is 13.0 Å². The van der Waals surface area contributed by atoms with Gasteiger partial charge >= 0.3 is 6.01 Å². The van der Waals surface area contributed by atoms with Crippen molar-refractivity contribution in [1.82, 2.24) is 15.0 Å². The largest absolute Gasteiger partial charge is 0.467 e. The summed E-state index contributed by atoms with van der Waals surface area (Å²) >= 11 is 0. The van der Waals surface area contributed by atoms with Gasteiger partial charge in [-0.1, -0.05) is 0 Å². The lowest BCUT2D eigenvalue weighted by Crippen LogP contribution is -2.41. The molecule has 0 bridgehead atoms. The summed E-state index contributed by atoms with van der Waals surface area (Å²) in [6.45, 7) is 4.80. The van der Waals surface area contributed by atoms with E-state index in [0.29, 0.717) is 5.95 Å². The SMILES string of the molecule is COc1nc(NN)nc(NC2(C)CCOC2C)n1. The molecule has 2 heterocycles.